The lowest BCUT2D eigenvalue weighted by molar-refractivity contribution is -0.117. The number of carbonyl (C=O) groups is 2. The molecule has 2 aromatic heterocycles. The molecule has 0 saturated carbocycles. The third-order valence-corrected chi connectivity index (χ3v) is 6.08. The molecule has 1 fully saturated rings. The molecule has 34 heavy (non-hydrogen) atoms. The summed E-state index contributed by atoms with van der Waals surface area (Å²) < 4.78 is 36.5. The van der Waals surface area contributed by atoms with Crippen molar-refractivity contribution in [2.45, 2.75) is 19.5 Å². The van der Waals surface area contributed by atoms with Crippen LogP contribution in [0.1, 0.15) is 23.2 Å². The van der Waals surface area contributed by atoms with Crippen LogP contribution in [0, 0.1) is 0 Å². The fourth-order valence-electron chi connectivity index (χ4n) is 4.02. The quantitative estimate of drug-likeness (QED) is 0.345. The Bertz CT molecular complexity index is 1440. The standard InChI is InChI=1S/C23H15Cl2F2N3O4/c24-14-9-28-10-15(25)20(14)29-22(32)12-4-6-17(34-23(26)27)21-19(12)13-8-11(3-5-16(13)33-21)30-7-1-2-18(30)31/h3-6,8-10,23H,1-2,7H2,(H,28,29,32). The number of nitrogens with one attached hydrogen (secondary N) is 1. The third kappa shape index (κ3) is 3.91. The smallest absolute Gasteiger partial charge is 0.387 e. The number of aromatic nitrogens is 1. The Morgan fingerprint density at radius 2 is 1.94 bits per heavy atom. The summed E-state index contributed by atoms with van der Waals surface area (Å²) in [6.07, 6.45) is 3.82. The molecule has 0 bridgehead atoms. The molecule has 4 aromatic rings. The number of pyridine rings is 1. The zero-order valence-electron chi connectivity index (χ0n) is 17.3. The van der Waals surface area contributed by atoms with E-state index in [0.717, 1.165) is 6.42 Å². The molecule has 1 saturated heterocycles. The largest absolute Gasteiger partial charge is 0.452 e. The van der Waals surface area contributed by atoms with E-state index in [4.69, 9.17) is 27.6 Å². The van der Waals surface area contributed by atoms with Gasteiger partial charge in [0, 0.05) is 41.8 Å². The van der Waals surface area contributed by atoms with E-state index in [1.54, 1.807) is 23.1 Å². The molecule has 2 aromatic carbocycles. The average molecular weight is 506 g/mol. The summed E-state index contributed by atoms with van der Waals surface area (Å²) in [5, 5.41) is 3.61. The molecule has 7 nitrogen and oxygen atoms in total. The van der Waals surface area contributed by atoms with Crippen molar-refractivity contribution in [1.29, 1.82) is 0 Å². The minimum Gasteiger partial charge on any atom is -0.452 e. The molecule has 11 heteroatoms. The van der Waals surface area contributed by atoms with Crippen molar-refractivity contribution < 1.29 is 27.5 Å². The van der Waals surface area contributed by atoms with Crippen molar-refractivity contribution in [3.63, 3.8) is 0 Å². The molecule has 3 heterocycles. The van der Waals surface area contributed by atoms with Gasteiger partial charge in [-0.1, -0.05) is 23.2 Å². The maximum Gasteiger partial charge on any atom is 0.387 e. The first-order valence-electron chi connectivity index (χ1n) is 10.2. The Morgan fingerprint density at radius 3 is 2.62 bits per heavy atom. The Morgan fingerprint density at radius 1 is 1.18 bits per heavy atom. The van der Waals surface area contributed by atoms with Crippen molar-refractivity contribution in [3.8, 4) is 5.75 Å². The number of alkyl halides is 2. The van der Waals surface area contributed by atoms with Crippen LogP contribution >= 0.6 is 23.2 Å². The van der Waals surface area contributed by atoms with Gasteiger partial charge >= 0.3 is 6.61 Å². The van der Waals surface area contributed by atoms with Gasteiger partial charge in [-0.3, -0.25) is 14.6 Å². The van der Waals surface area contributed by atoms with Crippen LogP contribution in [-0.4, -0.2) is 30.0 Å². The highest BCUT2D eigenvalue weighted by molar-refractivity contribution is 6.40. The maximum atomic E-state index is 13.3. The number of halogens is 4. The maximum absolute atomic E-state index is 13.3. The molecule has 5 rings (SSSR count). The van der Waals surface area contributed by atoms with E-state index in [1.807, 2.05) is 0 Å². The zero-order valence-corrected chi connectivity index (χ0v) is 18.8. The Balaban J connectivity index is 1.69. The lowest BCUT2D eigenvalue weighted by atomic mass is 10.0. The van der Waals surface area contributed by atoms with Crippen LogP contribution < -0.4 is 15.0 Å². The number of fused-ring (bicyclic) bond motifs is 3. The van der Waals surface area contributed by atoms with Gasteiger partial charge in [0.25, 0.3) is 5.91 Å². The van der Waals surface area contributed by atoms with Gasteiger partial charge in [-0.2, -0.15) is 8.78 Å². The number of carbonyl (C=O) groups excluding carboxylic acids is 2. The van der Waals surface area contributed by atoms with Gasteiger partial charge in [-0.25, -0.2) is 0 Å². The molecule has 174 valence electrons. The number of benzene rings is 2. The summed E-state index contributed by atoms with van der Waals surface area (Å²) in [6.45, 7) is -2.53. The molecule has 1 aliphatic rings. The van der Waals surface area contributed by atoms with E-state index in [0.29, 0.717) is 29.6 Å². The van der Waals surface area contributed by atoms with Crippen LogP contribution in [0.4, 0.5) is 20.2 Å². The summed E-state index contributed by atoms with van der Waals surface area (Å²) in [5.74, 6) is -0.848. The number of hydrogen-bond donors (Lipinski definition) is 1. The van der Waals surface area contributed by atoms with E-state index in [-0.39, 0.29) is 43.9 Å². The molecule has 0 radical (unpaired) electrons. The fourth-order valence-corrected chi connectivity index (χ4v) is 4.48. The topological polar surface area (TPSA) is 84.7 Å². The lowest BCUT2D eigenvalue weighted by Gasteiger charge is -2.15. The highest BCUT2D eigenvalue weighted by Gasteiger charge is 2.25. The summed E-state index contributed by atoms with van der Waals surface area (Å²) in [6, 6.07) is 7.60. The van der Waals surface area contributed by atoms with Crippen LogP contribution in [0.3, 0.4) is 0 Å². The van der Waals surface area contributed by atoms with Crippen molar-refractivity contribution in [2.24, 2.45) is 0 Å². The van der Waals surface area contributed by atoms with Gasteiger partial charge in [-0.05, 0) is 36.8 Å². The first-order valence-corrected chi connectivity index (χ1v) is 10.9. The summed E-state index contributed by atoms with van der Waals surface area (Å²) in [4.78, 5) is 31.0. The van der Waals surface area contributed by atoms with E-state index in [9.17, 15) is 18.4 Å². The minimum absolute atomic E-state index is 0.0196. The predicted molar refractivity (Wildman–Crippen MR) is 124 cm³/mol. The molecule has 2 amide bonds. The van der Waals surface area contributed by atoms with E-state index < -0.39 is 12.5 Å². The van der Waals surface area contributed by atoms with Crippen LogP contribution in [0.25, 0.3) is 21.9 Å². The van der Waals surface area contributed by atoms with Crippen molar-refractivity contribution in [1.82, 2.24) is 4.98 Å². The molecule has 0 unspecified atom stereocenters. The van der Waals surface area contributed by atoms with E-state index in [2.05, 4.69) is 15.0 Å². The van der Waals surface area contributed by atoms with E-state index >= 15 is 0 Å². The SMILES string of the molecule is O=C(Nc1c(Cl)cncc1Cl)c1ccc(OC(F)F)c2oc3ccc(N4CCCC4=O)cc3c12. The summed E-state index contributed by atoms with van der Waals surface area (Å²) >= 11 is 12.2. The lowest BCUT2D eigenvalue weighted by Crippen LogP contribution is -2.23. The van der Waals surface area contributed by atoms with Gasteiger partial charge in [0.2, 0.25) is 5.91 Å². The number of amides is 2. The second-order valence-electron chi connectivity index (χ2n) is 7.56. The summed E-state index contributed by atoms with van der Waals surface area (Å²) in [7, 11) is 0. The van der Waals surface area contributed by atoms with Gasteiger partial charge < -0.3 is 19.4 Å². The second kappa shape index (κ2) is 8.73. The van der Waals surface area contributed by atoms with Gasteiger partial charge in [0.15, 0.2) is 11.3 Å². The van der Waals surface area contributed by atoms with Crippen LogP contribution in [-0.2, 0) is 4.79 Å². The molecule has 0 aliphatic carbocycles. The van der Waals surface area contributed by atoms with Crippen molar-refractivity contribution >= 4 is 68.3 Å². The Labute approximate surface area is 201 Å². The normalized spacial score (nSPS) is 13.9. The molecule has 0 spiro atoms. The zero-order chi connectivity index (χ0) is 24.0. The Hall–Kier alpha value is -3.43. The van der Waals surface area contributed by atoms with Crippen LogP contribution in [0.2, 0.25) is 10.0 Å². The number of rotatable bonds is 5. The minimum atomic E-state index is -3.09. The van der Waals surface area contributed by atoms with Crippen LogP contribution in [0.15, 0.2) is 47.1 Å². The fraction of sp³-hybridized carbons (Fsp3) is 0.174. The van der Waals surface area contributed by atoms with Gasteiger partial charge in [0.05, 0.1) is 21.3 Å². The van der Waals surface area contributed by atoms with Crippen molar-refractivity contribution in [3.05, 3.63) is 58.3 Å². The van der Waals surface area contributed by atoms with Crippen molar-refractivity contribution in [2.75, 3.05) is 16.8 Å². The first kappa shape index (κ1) is 22.4. The number of ether oxygens (including phenoxy) is 1. The van der Waals surface area contributed by atoms with E-state index in [1.165, 1.54) is 24.5 Å². The third-order valence-electron chi connectivity index (χ3n) is 5.50. The van der Waals surface area contributed by atoms with Gasteiger partial charge in [-0.15, -0.1) is 0 Å². The number of anilines is 2. The Kier molecular flexibility index (Phi) is 5.75. The second-order valence-corrected chi connectivity index (χ2v) is 8.37. The first-order chi connectivity index (χ1) is 16.3. The number of furan rings is 1. The number of hydrogen-bond acceptors (Lipinski definition) is 5. The highest BCUT2D eigenvalue weighted by atomic mass is 35.5. The molecule has 1 aliphatic heterocycles. The molecular weight excluding hydrogens is 491 g/mol. The molecule has 1 N–H and O–H groups in total. The molecule has 0 atom stereocenters. The predicted octanol–water partition coefficient (Wildman–Crippen LogP) is 6.27. The summed E-state index contributed by atoms with van der Waals surface area (Å²) in [5.41, 5.74) is 1.19. The highest BCUT2D eigenvalue weighted by Crippen LogP contribution is 2.40. The van der Waals surface area contributed by atoms with Crippen LogP contribution in [0.5, 0.6) is 5.75 Å². The van der Waals surface area contributed by atoms with Gasteiger partial charge in [0.1, 0.15) is 5.58 Å². The number of nitrogens with zero attached hydrogens (tertiary/aromatic N) is 2. The monoisotopic (exact) mass is 505 g/mol. The average Bonchev–Trinajstić information content (AvgIpc) is 3.39. The molecular formula is C23H15Cl2F2N3O4.